The van der Waals surface area contributed by atoms with Crippen molar-refractivity contribution in [3.8, 4) is 11.1 Å². The van der Waals surface area contributed by atoms with Gasteiger partial charge in [0.05, 0.1) is 6.42 Å². The SMILES string of the molecule is O=C(O)CC(NC(=O)C(CC(F)F)NC(=O)OCC1c2ccccc2-c2ccccc21)C1CCC1. The molecular formula is C26H28F2N2O5. The molecule has 0 bridgehead atoms. The van der Waals surface area contributed by atoms with Crippen molar-refractivity contribution in [2.24, 2.45) is 5.92 Å². The third-order valence-corrected chi connectivity index (χ3v) is 6.81. The summed E-state index contributed by atoms with van der Waals surface area (Å²) in [5, 5.41) is 14.0. The lowest BCUT2D eigenvalue weighted by atomic mass is 9.78. The molecule has 35 heavy (non-hydrogen) atoms. The Morgan fingerprint density at radius 2 is 1.57 bits per heavy atom. The molecule has 186 valence electrons. The Kier molecular flexibility index (Phi) is 7.63. The Balaban J connectivity index is 1.40. The van der Waals surface area contributed by atoms with Gasteiger partial charge in [-0.15, -0.1) is 0 Å². The molecule has 2 amide bonds. The van der Waals surface area contributed by atoms with Crippen LogP contribution in [0.3, 0.4) is 0 Å². The van der Waals surface area contributed by atoms with Gasteiger partial charge in [0, 0.05) is 18.4 Å². The van der Waals surface area contributed by atoms with Gasteiger partial charge in [-0.3, -0.25) is 9.59 Å². The first kappa shape index (κ1) is 24.6. The van der Waals surface area contributed by atoms with E-state index in [1.165, 1.54) is 0 Å². The lowest BCUT2D eigenvalue weighted by molar-refractivity contribution is -0.138. The summed E-state index contributed by atoms with van der Waals surface area (Å²) in [7, 11) is 0. The van der Waals surface area contributed by atoms with Gasteiger partial charge in [0.25, 0.3) is 0 Å². The molecule has 2 aromatic rings. The summed E-state index contributed by atoms with van der Waals surface area (Å²) in [6.45, 7) is -0.0212. The van der Waals surface area contributed by atoms with E-state index in [0.717, 1.165) is 41.5 Å². The first-order valence-electron chi connectivity index (χ1n) is 11.7. The van der Waals surface area contributed by atoms with E-state index < -0.39 is 42.9 Å². The zero-order chi connectivity index (χ0) is 24.9. The van der Waals surface area contributed by atoms with Gasteiger partial charge in [0.15, 0.2) is 0 Å². The molecule has 3 N–H and O–H groups in total. The summed E-state index contributed by atoms with van der Waals surface area (Å²) in [6, 6.07) is 13.3. The van der Waals surface area contributed by atoms with Crippen molar-refractivity contribution < 1.29 is 33.0 Å². The lowest BCUT2D eigenvalue weighted by Gasteiger charge is -2.34. The molecule has 9 heteroatoms. The first-order valence-corrected chi connectivity index (χ1v) is 11.7. The van der Waals surface area contributed by atoms with Gasteiger partial charge in [-0.05, 0) is 41.0 Å². The second kappa shape index (κ2) is 10.8. The largest absolute Gasteiger partial charge is 0.481 e. The molecule has 0 saturated heterocycles. The van der Waals surface area contributed by atoms with Crippen LogP contribution in [0, 0.1) is 5.92 Å². The molecule has 2 aliphatic rings. The topological polar surface area (TPSA) is 105 Å². The highest BCUT2D eigenvalue weighted by Gasteiger charge is 2.34. The smallest absolute Gasteiger partial charge is 0.407 e. The minimum Gasteiger partial charge on any atom is -0.481 e. The van der Waals surface area contributed by atoms with E-state index in [1.54, 1.807) is 0 Å². The highest BCUT2D eigenvalue weighted by molar-refractivity contribution is 5.86. The third-order valence-electron chi connectivity index (χ3n) is 6.81. The maximum Gasteiger partial charge on any atom is 0.407 e. The number of carbonyl (C=O) groups is 3. The fraction of sp³-hybridized carbons (Fsp3) is 0.423. The summed E-state index contributed by atoms with van der Waals surface area (Å²) in [5.41, 5.74) is 4.10. The number of alkyl carbamates (subject to hydrolysis) is 1. The van der Waals surface area contributed by atoms with Crippen molar-refractivity contribution in [2.75, 3.05) is 6.61 Å². The second-order valence-electron chi connectivity index (χ2n) is 9.05. The van der Waals surface area contributed by atoms with Gasteiger partial charge in [-0.25, -0.2) is 13.6 Å². The standard InChI is InChI=1S/C26H28F2N2O5/c27-23(28)12-22(25(33)29-21(13-24(31)32)15-6-5-7-15)30-26(34)35-14-20-18-10-3-1-8-16(18)17-9-2-4-11-19(17)20/h1-4,8-11,15,20-23H,5-7,12-14H2,(H,29,33)(H,30,34)(H,31,32). The van der Waals surface area contributed by atoms with Crippen LogP contribution in [-0.2, 0) is 14.3 Å². The van der Waals surface area contributed by atoms with Crippen LogP contribution in [-0.4, -0.2) is 48.2 Å². The molecule has 0 aromatic heterocycles. The summed E-state index contributed by atoms with van der Waals surface area (Å²) in [5.74, 6) is -2.15. The highest BCUT2D eigenvalue weighted by Crippen LogP contribution is 2.44. The number of aliphatic carboxylic acids is 1. The monoisotopic (exact) mass is 486 g/mol. The quantitative estimate of drug-likeness (QED) is 0.464. The van der Waals surface area contributed by atoms with Gasteiger partial charge < -0.3 is 20.5 Å². The van der Waals surface area contributed by atoms with E-state index >= 15 is 0 Å². The zero-order valence-corrected chi connectivity index (χ0v) is 19.1. The number of amides is 2. The van der Waals surface area contributed by atoms with Crippen LogP contribution in [0.1, 0.15) is 49.1 Å². The Morgan fingerprint density at radius 1 is 0.971 bits per heavy atom. The van der Waals surface area contributed by atoms with Crippen molar-refractivity contribution in [1.82, 2.24) is 10.6 Å². The number of rotatable bonds is 10. The zero-order valence-electron chi connectivity index (χ0n) is 19.1. The lowest BCUT2D eigenvalue weighted by Crippen LogP contribution is -2.53. The molecule has 2 aromatic carbocycles. The van der Waals surface area contributed by atoms with E-state index in [9.17, 15) is 23.2 Å². The van der Waals surface area contributed by atoms with Crippen LogP contribution in [0.4, 0.5) is 13.6 Å². The molecule has 2 unspecified atom stereocenters. The van der Waals surface area contributed by atoms with Gasteiger partial charge in [0.1, 0.15) is 12.6 Å². The van der Waals surface area contributed by atoms with Crippen LogP contribution >= 0.6 is 0 Å². The number of carboxylic acid groups (broad SMARTS) is 1. The average molecular weight is 487 g/mol. The second-order valence-corrected chi connectivity index (χ2v) is 9.05. The first-order chi connectivity index (χ1) is 16.8. The number of carboxylic acids is 1. The van der Waals surface area contributed by atoms with Gasteiger partial charge >= 0.3 is 12.1 Å². The Labute approximate surface area is 201 Å². The molecular weight excluding hydrogens is 458 g/mol. The fourth-order valence-corrected chi connectivity index (χ4v) is 4.84. The fourth-order valence-electron chi connectivity index (χ4n) is 4.84. The predicted octanol–water partition coefficient (Wildman–Crippen LogP) is 4.31. The molecule has 0 heterocycles. The number of benzene rings is 2. The average Bonchev–Trinajstić information content (AvgIpc) is 3.09. The molecule has 1 fully saturated rings. The minimum atomic E-state index is -2.85. The third kappa shape index (κ3) is 5.78. The maximum atomic E-state index is 13.2. The number of hydrogen-bond acceptors (Lipinski definition) is 4. The number of alkyl halides is 2. The minimum absolute atomic E-state index is 0.0169. The normalized spacial score (nSPS) is 16.5. The van der Waals surface area contributed by atoms with Crippen LogP contribution in [0.15, 0.2) is 48.5 Å². The van der Waals surface area contributed by atoms with E-state index in [4.69, 9.17) is 9.84 Å². The summed E-state index contributed by atoms with van der Waals surface area (Å²) >= 11 is 0. The predicted molar refractivity (Wildman–Crippen MR) is 124 cm³/mol. The molecule has 1 saturated carbocycles. The number of hydrogen-bond donors (Lipinski definition) is 3. The number of nitrogens with one attached hydrogen (secondary N) is 2. The van der Waals surface area contributed by atoms with E-state index in [1.807, 2.05) is 48.5 Å². The van der Waals surface area contributed by atoms with Gasteiger partial charge in [0.2, 0.25) is 12.3 Å². The Hall–Kier alpha value is -3.49. The maximum absolute atomic E-state index is 13.2. The van der Waals surface area contributed by atoms with Crippen molar-refractivity contribution in [3.63, 3.8) is 0 Å². The Bertz CT molecular complexity index is 1040. The summed E-state index contributed by atoms with van der Waals surface area (Å²) < 4.78 is 31.7. The molecule has 0 radical (unpaired) electrons. The molecule has 4 rings (SSSR count). The number of carbonyl (C=O) groups excluding carboxylic acids is 2. The van der Waals surface area contributed by atoms with E-state index in [2.05, 4.69) is 10.6 Å². The summed E-state index contributed by atoms with van der Waals surface area (Å²) in [4.78, 5) is 36.4. The van der Waals surface area contributed by atoms with Crippen LogP contribution in [0.5, 0.6) is 0 Å². The van der Waals surface area contributed by atoms with E-state index in [0.29, 0.717) is 0 Å². The van der Waals surface area contributed by atoms with Crippen LogP contribution in [0.25, 0.3) is 11.1 Å². The number of ether oxygens (including phenoxy) is 1. The Morgan fingerprint density at radius 3 is 2.09 bits per heavy atom. The van der Waals surface area contributed by atoms with Gasteiger partial charge in [-0.1, -0.05) is 55.0 Å². The molecule has 0 spiro atoms. The van der Waals surface area contributed by atoms with Crippen molar-refractivity contribution in [3.05, 3.63) is 59.7 Å². The van der Waals surface area contributed by atoms with Crippen LogP contribution in [0.2, 0.25) is 0 Å². The van der Waals surface area contributed by atoms with Gasteiger partial charge in [-0.2, -0.15) is 0 Å². The van der Waals surface area contributed by atoms with E-state index in [-0.39, 0.29) is 24.9 Å². The molecule has 2 aliphatic carbocycles. The highest BCUT2D eigenvalue weighted by atomic mass is 19.3. The van der Waals surface area contributed by atoms with Crippen LogP contribution < -0.4 is 10.6 Å². The molecule has 2 atom stereocenters. The molecule has 7 nitrogen and oxygen atoms in total. The van der Waals surface area contributed by atoms with Crippen molar-refractivity contribution in [2.45, 2.75) is 56.5 Å². The van der Waals surface area contributed by atoms with Crippen molar-refractivity contribution >= 4 is 18.0 Å². The summed E-state index contributed by atoms with van der Waals surface area (Å²) in [6.07, 6.45) is -2.58. The number of fused-ring (bicyclic) bond motifs is 3. The number of halogens is 2. The molecule has 0 aliphatic heterocycles. The van der Waals surface area contributed by atoms with Crippen molar-refractivity contribution in [1.29, 1.82) is 0 Å².